The molecule has 2 atom stereocenters. The molecule has 2 heteroatoms. The number of fused-ring (bicyclic) bond motifs is 1. The molecule has 1 nitrogen and oxygen atoms in total. The van der Waals surface area contributed by atoms with Gasteiger partial charge in [-0.2, -0.15) is 11.8 Å². The first-order valence-corrected chi connectivity index (χ1v) is 4.91. The predicted octanol–water partition coefficient (Wildman–Crippen LogP) is 0.959. The number of rotatable bonds is 0. The van der Waals surface area contributed by atoms with Crippen molar-refractivity contribution in [2.24, 2.45) is 11.8 Å². The van der Waals surface area contributed by atoms with Crippen LogP contribution in [0.4, 0.5) is 0 Å². The summed E-state index contributed by atoms with van der Waals surface area (Å²) >= 11 is 2.14. The van der Waals surface area contributed by atoms with Crippen molar-refractivity contribution in [2.45, 2.75) is 6.42 Å². The molecule has 0 amide bonds. The van der Waals surface area contributed by atoms with Gasteiger partial charge in [0.25, 0.3) is 0 Å². The summed E-state index contributed by atoms with van der Waals surface area (Å²) < 4.78 is 0. The van der Waals surface area contributed by atoms with Crippen LogP contribution in [0, 0.1) is 11.8 Å². The second-order valence-corrected chi connectivity index (χ2v) is 4.13. The molecule has 2 fully saturated rings. The molecule has 52 valence electrons. The van der Waals surface area contributed by atoms with Gasteiger partial charge in [-0.3, -0.25) is 0 Å². The number of thioether (sulfide) groups is 1. The Hall–Kier alpha value is 0.310. The largest absolute Gasteiger partial charge is 0.316 e. The average Bonchev–Trinajstić information content (AvgIpc) is 2.33. The van der Waals surface area contributed by atoms with E-state index in [1.165, 1.54) is 31.0 Å². The first-order valence-electron chi connectivity index (χ1n) is 3.75. The van der Waals surface area contributed by atoms with Crippen molar-refractivity contribution in [3.05, 3.63) is 0 Å². The van der Waals surface area contributed by atoms with Crippen LogP contribution < -0.4 is 5.32 Å². The Balaban J connectivity index is 1.97. The van der Waals surface area contributed by atoms with Crippen LogP contribution >= 0.6 is 11.8 Å². The lowest BCUT2D eigenvalue weighted by Crippen LogP contribution is -2.35. The van der Waals surface area contributed by atoms with Gasteiger partial charge in [-0.15, -0.1) is 0 Å². The highest BCUT2D eigenvalue weighted by Gasteiger charge is 2.29. The Kier molecular flexibility index (Phi) is 1.68. The zero-order chi connectivity index (χ0) is 6.10. The smallest absolute Gasteiger partial charge is 0.000966 e. The van der Waals surface area contributed by atoms with E-state index < -0.39 is 0 Å². The van der Waals surface area contributed by atoms with Crippen LogP contribution in [0.2, 0.25) is 0 Å². The molecule has 2 saturated heterocycles. The topological polar surface area (TPSA) is 12.0 Å². The molecule has 2 aliphatic heterocycles. The third-order valence-corrected chi connectivity index (χ3v) is 3.76. The zero-order valence-corrected chi connectivity index (χ0v) is 6.41. The van der Waals surface area contributed by atoms with Crippen LogP contribution in [0.1, 0.15) is 6.42 Å². The Bertz CT molecular complexity index is 93.1. The highest BCUT2D eigenvalue weighted by Crippen LogP contribution is 2.33. The summed E-state index contributed by atoms with van der Waals surface area (Å²) in [6.45, 7) is 2.55. The molecular weight excluding hydrogens is 130 g/mol. The highest BCUT2D eigenvalue weighted by atomic mass is 32.2. The third kappa shape index (κ3) is 1.10. The van der Waals surface area contributed by atoms with Crippen molar-refractivity contribution in [3.63, 3.8) is 0 Å². The van der Waals surface area contributed by atoms with Gasteiger partial charge in [0, 0.05) is 0 Å². The Morgan fingerprint density at radius 3 is 3.00 bits per heavy atom. The Labute approximate surface area is 60.6 Å². The summed E-state index contributed by atoms with van der Waals surface area (Å²) in [4.78, 5) is 0. The Morgan fingerprint density at radius 1 is 1.22 bits per heavy atom. The van der Waals surface area contributed by atoms with Crippen LogP contribution in [-0.4, -0.2) is 24.6 Å². The second kappa shape index (κ2) is 2.51. The minimum Gasteiger partial charge on any atom is -0.316 e. The molecule has 0 radical (unpaired) electrons. The predicted molar refractivity (Wildman–Crippen MR) is 41.8 cm³/mol. The van der Waals surface area contributed by atoms with E-state index in [0.29, 0.717) is 0 Å². The van der Waals surface area contributed by atoms with Crippen LogP contribution in [-0.2, 0) is 0 Å². The van der Waals surface area contributed by atoms with Crippen molar-refractivity contribution in [2.75, 3.05) is 24.6 Å². The molecule has 0 aromatic heterocycles. The van der Waals surface area contributed by atoms with E-state index in [1.54, 1.807) is 0 Å². The van der Waals surface area contributed by atoms with Crippen molar-refractivity contribution >= 4 is 11.8 Å². The molecule has 0 aliphatic carbocycles. The molecule has 2 rings (SSSR count). The fourth-order valence-electron chi connectivity index (χ4n) is 1.76. The summed E-state index contributed by atoms with van der Waals surface area (Å²) in [6, 6.07) is 0. The van der Waals surface area contributed by atoms with Gasteiger partial charge in [-0.1, -0.05) is 0 Å². The molecular formula is C7H13NS. The highest BCUT2D eigenvalue weighted by molar-refractivity contribution is 7.99. The lowest BCUT2D eigenvalue weighted by Gasteiger charge is -2.24. The first kappa shape index (κ1) is 6.05. The molecule has 9 heavy (non-hydrogen) atoms. The van der Waals surface area contributed by atoms with Crippen LogP contribution in [0.25, 0.3) is 0 Å². The summed E-state index contributed by atoms with van der Waals surface area (Å²) in [5, 5.41) is 3.44. The maximum atomic E-state index is 3.44. The van der Waals surface area contributed by atoms with E-state index in [4.69, 9.17) is 0 Å². The number of hydrogen-bond acceptors (Lipinski definition) is 2. The third-order valence-electron chi connectivity index (χ3n) is 2.43. The SMILES string of the molecule is C1C[C@H]2CSC[C@H]2CN1. The number of hydrogen-bond donors (Lipinski definition) is 1. The van der Waals surface area contributed by atoms with Gasteiger partial charge in [-0.05, 0) is 42.9 Å². The zero-order valence-electron chi connectivity index (χ0n) is 5.60. The monoisotopic (exact) mass is 143 g/mol. The van der Waals surface area contributed by atoms with Crippen molar-refractivity contribution in [1.82, 2.24) is 5.32 Å². The molecule has 2 heterocycles. The number of nitrogens with one attached hydrogen (secondary N) is 1. The number of piperidine rings is 1. The molecule has 0 bridgehead atoms. The van der Waals surface area contributed by atoms with E-state index in [-0.39, 0.29) is 0 Å². The quantitative estimate of drug-likeness (QED) is 0.542. The molecule has 0 aromatic rings. The summed E-state index contributed by atoms with van der Waals surface area (Å²) in [5.74, 6) is 4.93. The minimum atomic E-state index is 1.02. The maximum absolute atomic E-state index is 3.44. The van der Waals surface area contributed by atoms with Crippen molar-refractivity contribution in [1.29, 1.82) is 0 Å². The van der Waals surface area contributed by atoms with Gasteiger partial charge in [0.2, 0.25) is 0 Å². The van der Waals surface area contributed by atoms with E-state index >= 15 is 0 Å². The fraction of sp³-hybridized carbons (Fsp3) is 1.00. The summed E-state index contributed by atoms with van der Waals surface area (Å²) in [6.07, 6.45) is 1.43. The van der Waals surface area contributed by atoms with Gasteiger partial charge >= 0.3 is 0 Å². The van der Waals surface area contributed by atoms with Gasteiger partial charge in [0.15, 0.2) is 0 Å². The fourth-order valence-corrected chi connectivity index (χ4v) is 3.33. The lowest BCUT2D eigenvalue weighted by molar-refractivity contribution is 0.318. The molecule has 2 aliphatic rings. The van der Waals surface area contributed by atoms with Crippen LogP contribution in [0.15, 0.2) is 0 Å². The van der Waals surface area contributed by atoms with E-state index in [9.17, 15) is 0 Å². The van der Waals surface area contributed by atoms with Gasteiger partial charge in [0.05, 0.1) is 0 Å². The Morgan fingerprint density at radius 2 is 2.11 bits per heavy atom. The van der Waals surface area contributed by atoms with Gasteiger partial charge in [0.1, 0.15) is 0 Å². The van der Waals surface area contributed by atoms with E-state index in [1.807, 2.05) is 0 Å². The normalized spacial score (nSPS) is 42.7. The molecule has 0 spiro atoms. The van der Waals surface area contributed by atoms with Crippen LogP contribution in [0.3, 0.4) is 0 Å². The molecule has 0 unspecified atom stereocenters. The summed E-state index contributed by atoms with van der Waals surface area (Å²) in [5.41, 5.74) is 0. The van der Waals surface area contributed by atoms with E-state index in [2.05, 4.69) is 17.1 Å². The summed E-state index contributed by atoms with van der Waals surface area (Å²) in [7, 11) is 0. The second-order valence-electron chi connectivity index (χ2n) is 3.05. The van der Waals surface area contributed by atoms with E-state index in [0.717, 1.165) is 11.8 Å². The first-order chi connectivity index (χ1) is 4.47. The standard InChI is InChI=1S/C7H13NS/c1-2-8-3-7-5-9-4-6(1)7/h6-8H,1-5H2/t6-,7+/m0/s1. The lowest BCUT2D eigenvalue weighted by atomic mass is 9.90. The van der Waals surface area contributed by atoms with Crippen molar-refractivity contribution < 1.29 is 0 Å². The van der Waals surface area contributed by atoms with Gasteiger partial charge < -0.3 is 5.32 Å². The minimum absolute atomic E-state index is 1.02. The van der Waals surface area contributed by atoms with Gasteiger partial charge in [-0.25, -0.2) is 0 Å². The van der Waals surface area contributed by atoms with Crippen LogP contribution in [0.5, 0.6) is 0 Å². The average molecular weight is 143 g/mol. The van der Waals surface area contributed by atoms with Crippen molar-refractivity contribution in [3.8, 4) is 0 Å². The molecule has 0 saturated carbocycles. The molecule has 1 N–H and O–H groups in total. The maximum Gasteiger partial charge on any atom is -0.000966 e. The molecule has 0 aromatic carbocycles.